The number of rotatable bonds is 6. The number of carbonyl (C=O) groups excluding carboxylic acids is 1. The first kappa shape index (κ1) is 22.8. The van der Waals surface area contributed by atoms with Gasteiger partial charge in [0.05, 0.1) is 16.9 Å². The average Bonchev–Trinajstić information content (AvgIpc) is 3.10. The molecule has 0 fully saturated rings. The van der Waals surface area contributed by atoms with Crippen LogP contribution in [0.1, 0.15) is 42.3 Å². The third-order valence-corrected chi connectivity index (χ3v) is 5.76. The molecule has 0 aliphatic rings. The molecule has 2 aromatic carbocycles. The Morgan fingerprint density at radius 2 is 1.87 bits per heavy atom. The highest BCUT2D eigenvalue weighted by Gasteiger charge is 2.34. The largest absolute Gasteiger partial charge is 0.418 e. The normalized spacial score (nSPS) is 12.6. The van der Waals surface area contributed by atoms with E-state index in [2.05, 4.69) is 15.4 Å². The van der Waals surface area contributed by atoms with Crippen molar-refractivity contribution in [1.29, 1.82) is 0 Å². The van der Waals surface area contributed by atoms with Crippen LogP contribution in [-0.4, -0.2) is 25.9 Å². The molecule has 1 aromatic heterocycles. The highest BCUT2D eigenvalue weighted by Crippen LogP contribution is 2.38. The summed E-state index contributed by atoms with van der Waals surface area (Å²) in [7, 11) is 0. The number of hydrogen-bond acceptors (Lipinski definition) is 4. The maximum atomic E-state index is 13.6. The van der Waals surface area contributed by atoms with E-state index in [1.54, 1.807) is 6.92 Å². The third-order valence-electron chi connectivity index (χ3n) is 4.50. The monoisotopic (exact) mass is 452 g/mol. The van der Waals surface area contributed by atoms with Gasteiger partial charge < -0.3 is 5.32 Å². The van der Waals surface area contributed by atoms with Crippen molar-refractivity contribution in [3.05, 3.63) is 65.5 Å². The molecular weight excluding hydrogens is 432 g/mol. The van der Waals surface area contributed by atoms with Gasteiger partial charge in [-0.2, -0.15) is 13.2 Å². The van der Waals surface area contributed by atoms with Crippen LogP contribution >= 0.6 is 11.8 Å². The molecule has 1 heterocycles. The van der Waals surface area contributed by atoms with Gasteiger partial charge in [-0.1, -0.05) is 13.8 Å². The van der Waals surface area contributed by atoms with Crippen LogP contribution < -0.4 is 5.32 Å². The second-order valence-corrected chi connectivity index (χ2v) is 8.38. The van der Waals surface area contributed by atoms with Crippen molar-refractivity contribution in [1.82, 2.24) is 14.8 Å². The lowest BCUT2D eigenvalue weighted by Gasteiger charge is -2.16. The Balaban J connectivity index is 1.87. The van der Waals surface area contributed by atoms with Gasteiger partial charge >= 0.3 is 6.18 Å². The zero-order valence-corrected chi connectivity index (χ0v) is 17.8. The Morgan fingerprint density at radius 3 is 2.48 bits per heavy atom. The number of halogens is 4. The first-order chi connectivity index (χ1) is 14.6. The lowest BCUT2D eigenvalue weighted by atomic mass is 10.1. The zero-order valence-electron chi connectivity index (χ0n) is 17.0. The lowest BCUT2D eigenvalue weighted by molar-refractivity contribution is -0.137. The van der Waals surface area contributed by atoms with Gasteiger partial charge in [0.1, 0.15) is 11.6 Å². The molecule has 0 spiro atoms. The van der Waals surface area contributed by atoms with Crippen LogP contribution in [0.5, 0.6) is 0 Å². The smallest absolute Gasteiger partial charge is 0.319 e. The highest BCUT2D eigenvalue weighted by atomic mass is 32.2. The van der Waals surface area contributed by atoms with Gasteiger partial charge in [-0.3, -0.25) is 4.79 Å². The number of carbonyl (C=O) groups is 1. The first-order valence-corrected chi connectivity index (χ1v) is 10.3. The summed E-state index contributed by atoms with van der Waals surface area (Å²) in [5.74, 6) is -1.29. The number of thioether (sulfide) groups is 1. The molecule has 31 heavy (non-hydrogen) atoms. The molecule has 0 saturated heterocycles. The molecule has 1 N–H and O–H groups in total. The maximum Gasteiger partial charge on any atom is 0.418 e. The molecule has 164 valence electrons. The first-order valence-electron chi connectivity index (χ1n) is 9.47. The number of hydrogen-bond donors (Lipinski definition) is 1. The van der Waals surface area contributed by atoms with Crippen LogP contribution in [0.2, 0.25) is 0 Å². The Hall–Kier alpha value is -2.88. The number of amides is 1. The van der Waals surface area contributed by atoms with Gasteiger partial charge in [-0.25, -0.2) is 14.1 Å². The quantitative estimate of drug-likeness (QED) is 0.375. The third kappa shape index (κ3) is 5.43. The van der Waals surface area contributed by atoms with Crippen LogP contribution in [0.4, 0.5) is 23.2 Å². The predicted molar refractivity (Wildman–Crippen MR) is 111 cm³/mol. The number of aryl methyl sites for hydroxylation is 1. The SMILES string of the molecule is CCC(C)Sc1ccc(NC(=O)c2nc(C)n(-c3ccc(F)cc3)n2)c(C(F)(F)F)c1. The molecule has 1 unspecified atom stereocenters. The number of anilines is 1. The Bertz CT molecular complexity index is 1080. The molecule has 3 rings (SSSR count). The fraction of sp³-hybridized carbons (Fsp3) is 0.286. The van der Waals surface area contributed by atoms with Crippen LogP contribution in [0.25, 0.3) is 5.69 Å². The van der Waals surface area contributed by atoms with Crippen molar-refractivity contribution in [2.75, 3.05) is 5.32 Å². The maximum absolute atomic E-state index is 13.6. The van der Waals surface area contributed by atoms with Gasteiger partial charge in [0.2, 0.25) is 5.82 Å². The Labute approximate surface area is 180 Å². The number of nitrogens with zero attached hydrogens (tertiary/aromatic N) is 3. The molecule has 0 radical (unpaired) electrons. The van der Waals surface area contributed by atoms with Gasteiger partial charge in [0.15, 0.2) is 0 Å². The molecule has 0 saturated carbocycles. The van der Waals surface area contributed by atoms with Crippen molar-refractivity contribution in [2.45, 2.75) is 43.5 Å². The molecular formula is C21H20F4N4OS. The van der Waals surface area contributed by atoms with E-state index in [1.807, 2.05) is 13.8 Å². The van der Waals surface area contributed by atoms with Crippen molar-refractivity contribution < 1.29 is 22.4 Å². The zero-order chi connectivity index (χ0) is 22.8. The summed E-state index contributed by atoms with van der Waals surface area (Å²) in [5, 5.41) is 6.47. The van der Waals surface area contributed by atoms with Crippen LogP contribution in [0, 0.1) is 12.7 Å². The minimum atomic E-state index is -4.65. The van der Waals surface area contributed by atoms with Gasteiger partial charge in [0, 0.05) is 10.1 Å². The number of nitrogens with one attached hydrogen (secondary N) is 1. The fourth-order valence-corrected chi connectivity index (χ4v) is 3.71. The van der Waals surface area contributed by atoms with Crippen LogP contribution in [0.15, 0.2) is 47.4 Å². The molecule has 3 aromatic rings. The fourth-order valence-electron chi connectivity index (χ4n) is 2.75. The molecule has 10 heteroatoms. The molecule has 1 atom stereocenters. The van der Waals surface area contributed by atoms with Crippen molar-refractivity contribution in [2.24, 2.45) is 0 Å². The topological polar surface area (TPSA) is 59.8 Å². The predicted octanol–water partition coefficient (Wildman–Crippen LogP) is 5.88. The van der Waals surface area contributed by atoms with Crippen molar-refractivity contribution in [3.8, 4) is 5.69 Å². The lowest BCUT2D eigenvalue weighted by Crippen LogP contribution is -2.18. The second kappa shape index (κ2) is 9.09. The Morgan fingerprint density at radius 1 is 1.19 bits per heavy atom. The standard InChI is InChI=1S/C21H20F4N4OS/c1-4-12(2)31-16-9-10-18(17(11-16)21(23,24)25)27-20(30)19-26-13(3)29(28-19)15-7-5-14(22)6-8-15/h5-12H,4H2,1-3H3,(H,27,30). The number of benzene rings is 2. The average molecular weight is 452 g/mol. The summed E-state index contributed by atoms with van der Waals surface area (Å²) in [6.45, 7) is 5.46. The van der Waals surface area contributed by atoms with E-state index in [1.165, 1.54) is 52.8 Å². The minimum absolute atomic E-state index is 0.157. The Kier molecular flexibility index (Phi) is 6.68. The van der Waals surface area contributed by atoms with E-state index in [-0.39, 0.29) is 16.8 Å². The van der Waals surface area contributed by atoms with E-state index in [0.29, 0.717) is 16.4 Å². The van der Waals surface area contributed by atoms with Gasteiger partial charge in [0.25, 0.3) is 5.91 Å². The van der Waals surface area contributed by atoms with Crippen molar-refractivity contribution in [3.63, 3.8) is 0 Å². The summed E-state index contributed by atoms with van der Waals surface area (Å²) in [5.41, 5.74) is -0.849. The van der Waals surface area contributed by atoms with Crippen molar-refractivity contribution >= 4 is 23.4 Å². The molecule has 5 nitrogen and oxygen atoms in total. The summed E-state index contributed by atoms with van der Waals surface area (Å²) < 4.78 is 55.2. The molecule has 0 aliphatic heterocycles. The number of aromatic nitrogens is 3. The van der Waals surface area contributed by atoms with E-state index in [9.17, 15) is 22.4 Å². The summed E-state index contributed by atoms with van der Waals surface area (Å²) in [4.78, 5) is 17.1. The van der Waals surface area contributed by atoms with Crippen LogP contribution in [-0.2, 0) is 6.18 Å². The summed E-state index contributed by atoms with van der Waals surface area (Å²) in [6.07, 6.45) is -3.84. The van der Waals surface area contributed by atoms with Gasteiger partial charge in [-0.05, 0) is 55.8 Å². The molecule has 1 amide bonds. The molecule has 0 bridgehead atoms. The molecule has 0 aliphatic carbocycles. The van der Waals surface area contributed by atoms with E-state index in [0.717, 1.165) is 12.5 Å². The summed E-state index contributed by atoms with van der Waals surface area (Å²) in [6, 6.07) is 9.16. The van der Waals surface area contributed by atoms with E-state index >= 15 is 0 Å². The number of alkyl halides is 3. The summed E-state index contributed by atoms with van der Waals surface area (Å²) >= 11 is 1.33. The van der Waals surface area contributed by atoms with E-state index in [4.69, 9.17) is 0 Å². The minimum Gasteiger partial charge on any atom is -0.319 e. The van der Waals surface area contributed by atoms with Crippen LogP contribution in [0.3, 0.4) is 0 Å². The van der Waals surface area contributed by atoms with E-state index < -0.39 is 23.5 Å². The van der Waals surface area contributed by atoms with Gasteiger partial charge in [-0.15, -0.1) is 16.9 Å². The highest BCUT2D eigenvalue weighted by molar-refractivity contribution is 7.99. The second-order valence-electron chi connectivity index (χ2n) is 6.87.